The molecule has 1 unspecified atom stereocenters. The smallest absolute Gasteiger partial charge is 0.00922 e. The maximum Gasteiger partial charge on any atom is 0.00922 e. The summed E-state index contributed by atoms with van der Waals surface area (Å²) in [6.45, 7) is 5.58. The maximum absolute atomic E-state index is 6.00. The molecule has 0 aliphatic heterocycles. The minimum Gasteiger partial charge on any atom is -0.327 e. The van der Waals surface area contributed by atoms with Crippen molar-refractivity contribution >= 4 is 0 Å². The number of rotatable bonds is 5. The van der Waals surface area contributed by atoms with Gasteiger partial charge in [-0.2, -0.15) is 0 Å². The summed E-state index contributed by atoms with van der Waals surface area (Å²) >= 11 is 0. The minimum atomic E-state index is 0.377. The van der Waals surface area contributed by atoms with Crippen LogP contribution in [0, 0.1) is 5.92 Å². The molecule has 13 heavy (non-hydrogen) atoms. The molecule has 2 nitrogen and oxygen atoms in total. The van der Waals surface area contributed by atoms with Gasteiger partial charge in [-0.3, -0.25) is 0 Å². The van der Waals surface area contributed by atoms with Crippen molar-refractivity contribution in [1.29, 1.82) is 0 Å². The molecular formula is C11H24N2. The first kappa shape index (κ1) is 11.0. The van der Waals surface area contributed by atoms with Crippen LogP contribution in [0.5, 0.6) is 0 Å². The summed E-state index contributed by atoms with van der Waals surface area (Å²) in [6.07, 6.45) is 5.36. The van der Waals surface area contributed by atoms with Crippen LogP contribution in [0.3, 0.4) is 0 Å². The highest BCUT2D eigenvalue weighted by atomic mass is 15.1. The zero-order chi connectivity index (χ0) is 9.84. The summed E-state index contributed by atoms with van der Waals surface area (Å²) in [5.41, 5.74) is 6.00. The van der Waals surface area contributed by atoms with Crippen LogP contribution in [-0.4, -0.2) is 30.6 Å². The first-order chi connectivity index (χ1) is 6.11. The van der Waals surface area contributed by atoms with E-state index in [1.165, 1.54) is 25.8 Å². The van der Waals surface area contributed by atoms with Crippen LogP contribution in [-0.2, 0) is 0 Å². The first-order valence-corrected chi connectivity index (χ1v) is 5.57. The second kappa shape index (κ2) is 4.97. The fourth-order valence-electron chi connectivity index (χ4n) is 1.70. The standard InChI is InChI=1S/C11H24N2/c1-9(2)11(12)7-8-13(3)10-5-4-6-10/h9-11H,4-8,12H2,1-3H3. The summed E-state index contributed by atoms with van der Waals surface area (Å²) in [7, 11) is 2.23. The molecule has 0 saturated heterocycles. The Morgan fingerprint density at radius 1 is 1.38 bits per heavy atom. The number of nitrogens with two attached hydrogens (primary N) is 1. The Bertz CT molecular complexity index is 141. The molecule has 0 heterocycles. The third kappa shape index (κ3) is 3.28. The van der Waals surface area contributed by atoms with Crippen molar-refractivity contribution in [2.24, 2.45) is 11.7 Å². The summed E-state index contributed by atoms with van der Waals surface area (Å²) in [5, 5.41) is 0. The molecule has 2 heteroatoms. The SMILES string of the molecule is CC(C)C(N)CCN(C)C1CCC1. The first-order valence-electron chi connectivity index (χ1n) is 5.57. The van der Waals surface area contributed by atoms with Gasteiger partial charge in [0.05, 0.1) is 0 Å². The molecule has 0 aromatic rings. The Kier molecular flexibility index (Phi) is 4.20. The van der Waals surface area contributed by atoms with Crippen LogP contribution >= 0.6 is 0 Å². The Labute approximate surface area is 82.5 Å². The van der Waals surface area contributed by atoms with Crippen molar-refractivity contribution < 1.29 is 0 Å². The van der Waals surface area contributed by atoms with Crippen LogP contribution < -0.4 is 5.73 Å². The third-order valence-corrected chi connectivity index (χ3v) is 3.37. The molecule has 2 N–H and O–H groups in total. The van der Waals surface area contributed by atoms with E-state index in [0.29, 0.717) is 12.0 Å². The molecule has 0 aromatic heterocycles. The predicted octanol–water partition coefficient (Wildman–Crippen LogP) is 1.84. The van der Waals surface area contributed by atoms with Gasteiger partial charge >= 0.3 is 0 Å². The van der Waals surface area contributed by atoms with E-state index >= 15 is 0 Å². The van der Waals surface area contributed by atoms with Crippen LogP contribution in [0.25, 0.3) is 0 Å². The summed E-state index contributed by atoms with van der Waals surface area (Å²) in [4.78, 5) is 2.48. The van der Waals surface area contributed by atoms with Crippen molar-refractivity contribution in [3.05, 3.63) is 0 Å². The lowest BCUT2D eigenvalue weighted by atomic mass is 9.91. The molecule has 1 fully saturated rings. The Balaban J connectivity index is 2.10. The Hall–Kier alpha value is -0.0800. The average Bonchev–Trinajstić information content (AvgIpc) is 1.96. The van der Waals surface area contributed by atoms with E-state index in [1.807, 2.05) is 0 Å². The molecule has 1 aliphatic carbocycles. The molecule has 0 bridgehead atoms. The van der Waals surface area contributed by atoms with Gasteiger partial charge in [-0.15, -0.1) is 0 Å². The molecule has 0 spiro atoms. The summed E-state index contributed by atoms with van der Waals surface area (Å²) in [5.74, 6) is 0.620. The second-order valence-corrected chi connectivity index (χ2v) is 4.76. The van der Waals surface area contributed by atoms with Gasteiger partial charge < -0.3 is 10.6 Å². The number of hydrogen-bond acceptors (Lipinski definition) is 2. The average molecular weight is 184 g/mol. The van der Waals surface area contributed by atoms with E-state index in [9.17, 15) is 0 Å². The van der Waals surface area contributed by atoms with Gasteiger partial charge in [0, 0.05) is 12.1 Å². The highest BCUT2D eigenvalue weighted by Gasteiger charge is 2.22. The molecule has 0 radical (unpaired) electrons. The normalized spacial score (nSPS) is 20.8. The minimum absolute atomic E-state index is 0.377. The topological polar surface area (TPSA) is 29.3 Å². The lowest BCUT2D eigenvalue weighted by Crippen LogP contribution is -2.40. The summed E-state index contributed by atoms with van der Waals surface area (Å²) < 4.78 is 0. The fourth-order valence-corrected chi connectivity index (χ4v) is 1.70. The van der Waals surface area contributed by atoms with Crippen molar-refractivity contribution in [2.45, 2.75) is 51.6 Å². The van der Waals surface area contributed by atoms with Crippen LogP contribution in [0.4, 0.5) is 0 Å². The van der Waals surface area contributed by atoms with Gasteiger partial charge in [0.2, 0.25) is 0 Å². The van der Waals surface area contributed by atoms with E-state index < -0.39 is 0 Å². The van der Waals surface area contributed by atoms with Crippen molar-refractivity contribution in [3.8, 4) is 0 Å². The van der Waals surface area contributed by atoms with Gasteiger partial charge in [-0.25, -0.2) is 0 Å². The molecule has 1 aliphatic rings. The third-order valence-electron chi connectivity index (χ3n) is 3.37. The van der Waals surface area contributed by atoms with Crippen LogP contribution in [0.1, 0.15) is 39.5 Å². The van der Waals surface area contributed by atoms with E-state index in [-0.39, 0.29) is 0 Å². The van der Waals surface area contributed by atoms with Crippen LogP contribution in [0.15, 0.2) is 0 Å². The van der Waals surface area contributed by atoms with Crippen LogP contribution in [0.2, 0.25) is 0 Å². The fraction of sp³-hybridized carbons (Fsp3) is 1.00. The molecular weight excluding hydrogens is 160 g/mol. The van der Waals surface area contributed by atoms with E-state index in [0.717, 1.165) is 12.5 Å². The highest BCUT2D eigenvalue weighted by molar-refractivity contribution is 4.79. The van der Waals surface area contributed by atoms with Gasteiger partial charge in [0.1, 0.15) is 0 Å². The van der Waals surface area contributed by atoms with E-state index in [2.05, 4.69) is 25.8 Å². The maximum atomic E-state index is 6.00. The molecule has 78 valence electrons. The second-order valence-electron chi connectivity index (χ2n) is 4.76. The Morgan fingerprint density at radius 3 is 2.38 bits per heavy atom. The Morgan fingerprint density at radius 2 is 2.00 bits per heavy atom. The summed E-state index contributed by atoms with van der Waals surface area (Å²) in [6, 6.07) is 1.24. The molecule has 0 aromatic carbocycles. The van der Waals surface area contributed by atoms with Gasteiger partial charge in [-0.05, 0) is 38.8 Å². The number of hydrogen-bond donors (Lipinski definition) is 1. The van der Waals surface area contributed by atoms with Gasteiger partial charge in [-0.1, -0.05) is 20.3 Å². The monoisotopic (exact) mass is 184 g/mol. The van der Waals surface area contributed by atoms with Crippen molar-refractivity contribution in [1.82, 2.24) is 4.90 Å². The molecule has 1 rings (SSSR count). The van der Waals surface area contributed by atoms with E-state index in [4.69, 9.17) is 5.73 Å². The quantitative estimate of drug-likeness (QED) is 0.706. The zero-order valence-electron chi connectivity index (χ0n) is 9.29. The largest absolute Gasteiger partial charge is 0.327 e. The van der Waals surface area contributed by atoms with Gasteiger partial charge in [0.25, 0.3) is 0 Å². The molecule has 1 saturated carbocycles. The molecule has 1 atom stereocenters. The lowest BCUT2D eigenvalue weighted by molar-refractivity contribution is 0.152. The predicted molar refractivity (Wildman–Crippen MR) is 57.7 cm³/mol. The van der Waals surface area contributed by atoms with Gasteiger partial charge in [0.15, 0.2) is 0 Å². The lowest BCUT2D eigenvalue weighted by Gasteiger charge is -2.35. The number of nitrogens with zero attached hydrogens (tertiary/aromatic N) is 1. The van der Waals surface area contributed by atoms with Crippen molar-refractivity contribution in [3.63, 3.8) is 0 Å². The molecule has 0 amide bonds. The van der Waals surface area contributed by atoms with E-state index in [1.54, 1.807) is 0 Å². The van der Waals surface area contributed by atoms with Crippen molar-refractivity contribution in [2.75, 3.05) is 13.6 Å². The highest BCUT2D eigenvalue weighted by Crippen LogP contribution is 2.23. The zero-order valence-corrected chi connectivity index (χ0v) is 9.29.